The van der Waals surface area contributed by atoms with Crippen LogP contribution < -0.4 is 11.1 Å². The van der Waals surface area contributed by atoms with E-state index in [9.17, 15) is 4.79 Å². The number of amides is 1. The van der Waals surface area contributed by atoms with Crippen LogP contribution in [0.25, 0.3) is 11.1 Å². The predicted molar refractivity (Wildman–Crippen MR) is 99.1 cm³/mol. The molecule has 0 heterocycles. The van der Waals surface area contributed by atoms with E-state index in [0.29, 0.717) is 18.4 Å². The second-order valence-corrected chi connectivity index (χ2v) is 6.89. The first-order valence-electron chi connectivity index (χ1n) is 8.51. The number of hydrogen-bond acceptors (Lipinski definition) is 2. The number of halogens is 1. The summed E-state index contributed by atoms with van der Waals surface area (Å²) in [7, 11) is 0. The average molecular weight is 343 g/mol. The van der Waals surface area contributed by atoms with Gasteiger partial charge in [-0.1, -0.05) is 48.0 Å². The van der Waals surface area contributed by atoms with Crippen LogP contribution in [0.2, 0.25) is 5.02 Å². The molecule has 0 aromatic heterocycles. The molecule has 1 aliphatic rings. The molecule has 0 bridgehead atoms. The summed E-state index contributed by atoms with van der Waals surface area (Å²) >= 11 is 5.94. The summed E-state index contributed by atoms with van der Waals surface area (Å²) < 4.78 is 0. The van der Waals surface area contributed by atoms with Gasteiger partial charge in [-0.25, -0.2) is 0 Å². The molecular formula is C20H23ClN2O. The Morgan fingerprint density at radius 1 is 1.04 bits per heavy atom. The number of unbranched alkanes of at least 4 members (excludes halogenated alkanes) is 1. The number of hydrogen-bond donors (Lipinski definition) is 2. The van der Waals surface area contributed by atoms with Crippen LogP contribution in [-0.2, 0) is 4.79 Å². The lowest BCUT2D eigenvalue weighted by atomic mass is 10.0. The Hall–Kier alpha value is -1.84. The Kier molecular flexibility index (Phi) is 5.54. The molecule has 126 valence electrons. The SMILES string of the molecule is NC(=O)CCCCNC1CC1c1ccc(-c2ccc(Cl)cc2)cc1. The fourth-order valence-electron chi connectivity index (χ4n) is 3.07. The summed E-state index contributed by atoms with van der Waals surface area (Å²) in [5.41, 5.74) is 8.93. The van der Waals surface area contributed by atoms with Crippen molar-refractivity contribution in [2.24, 2.45) is 5.73 Å². The molecule has 2 atom stereocenters. The lowest BCUT2D eigenvalue weighted by Crippen LogP contribution is -2.19. The summed E-state index contributed by atoms with van der Waals surface area (Å²) in [6, 6.07) is 17.3. The largest absolute Gasteiger partial charge is 0.370 e. The van der Waals surface area contributed by atoms with Gasteiger partial charge in [-0.2, -0.15) is 0 Å². The summed E-state index contributed by atoms with van der Waals surface area (Å²) in [5, 5.41) is 4.33. The highest BCUT2D eigenvalue weighted by Gasteiger charge is 2.37. The normalized spacial score (nSPS) is 19.2. The van der Waals surface area contributed by atoms with Crippen molar-refractivity contribution in [2.45, 2.75) is 37.6 Å². The number of nitrogens with one attached hydrogen (secondary N) is 1. The third-order valence-electron chi connectivity index (χ3n) is 4.56. The van der Waals surface area contributed by atoms with E-state index < -0.39 is 0 Å². The standard InChI is InChI=1S/C20H23ClN2O/c21-17-10-8-15(9-11-17)14-4-6-16(7-5-14)18-13-19(18)23-12-2-1-3-20(22)24/h4-11,18-19,23H,1-3,12-13H2,(H2,22,24). The highest BCUT2D eigenvalue weighted by Crippen LogP contribution is 2.41. The molecule has 1 saturated carbocycles. The molecular weight excluding hydrogens is 320 g/mol. The van der Waals surface area contributed by atoms with E-state index in [-0.39, 0.29) is 5.91 Å². The minimum Gasteiger partial charge on any atom is -0.370 e. The lowest BCUT2D eigenvalue weighted by molar-refractivity contribution is -0.118. The van der Waals surface area contributed by atoms with E-state index in [0.717, 1.165) is 24.4 Å². The molecule has 3 N–H and O–H groups in total. The first kappa shape index (κ1) is 17.0. The number of carbonyl (C=O) groups excluding carboxylic acids is 1. The Morgan fingerprint density at radius 3 is 2.29 bits per heavy atom. The maximum atomic E-state index is 10.7. The maximum Gasteiger partial charge on any atom is 0.217 e. The van der Waals surface area contributed by atoms with Gasteiger partial charge in [0.2, 0.25) is 5.91 Å². The average Bonchev–Trinajstić information content (AvgIpc) is 3.35. The summed E-state index contributed by atoms with van der Waals surface area (Å²) in [4.78, 5) is 10.7. The molecule has 2 aromatic rings. The van der Waals surface area contributed by atoms with Crippen molar-refractivity contribution in [1.29, 1.82) is 0 Å². The third kappa shape index (κ3) is 4.59. The summed E-state index contributed by atoms with van der Waals surface area (Å²) in [5.74, 6) is 0.403. The van der Waals surface area contributed by atoms with Crippen LogP contribution in [-0.4, -0.2) is 18.5 Å². The van der Waals surface area contributed by atoms with Crippen LogP contribution in [0.4, 0.5) is 0 Å². The van der Waals surface area contributed by atoms with Crippen LogP contribution in [0.3, 0.4) is 0 Å². The Bertz CT molecular complexity index is 682. The van der Waals surface area contributed by atoms with E-state index >= 15 is 0 Å². The van der Waals surface area contributed by atoms with Crippen LogP contribution in [0.5, 0.6) is 0 Å². The smallest absolute Gasteiger partial charge is 0.217 e. The Morgan fingerprint density at radius 2 is 1.67 bits per heavy atom. The van der Waals surface area contributed by atoms with Gasteiger partial charge in [0.25, 0.3) is 0 Å². The van der Waals surface area contributed by atoms with E-state index in [1.807, 2.05) is 24.3 Å². The van der Waals surface area contributed by atoms with E-state index in [4.69, 9.17) is 17.3 Å². The van der Waals surface area contributed by atoms with Gasteiger partial charge in [0.05, 0.1) is 0 Å². The second kappa shape index (κ2) is 7.82. The fraction of sp³-hybridized carbons (Fsp3) is 0.350. The minimum atomic E-state index is -0.208. The van der Waals surface area contributed by atoms with E-state index in [2.05, 4.69) is 29.6 Å². The summed E-state index contributed by atoms with van der Waals surface area (Å²) in [6.07, 6.45) is 3.55. The highest BCUT2D eigenvalue weighted by molar-refractivity contribution is 6.30. The molecule has 4 heteroatoms. The molecule has 1 fully saturated rings. The maximum absolute atomic E-state index is 10.7. The number of primary amides is 1. The van der Waals surface area contributed by atoms with Gasteiger partial charge in [0.15, 0.2) is 0 Å². The molecule has 0 spiro atoms. The van der Waals surface area contributed by atoms with E-state index in [1.54, 1.807) is 0 Å². The van der Waals surface area contributed by atoms with Crippen molar-refractivity contribution in [3.8, 4) is 11.1 Å². The van der Waals surface area contributed by atoms with Gasteiger partial charge in [-0.15, -0.1) is 0 Å². The van der Waals surface area contributed by atoms with Crippen molar-refractivity contribution in [3.63, 3.8) is 0 Å². The van der Waals surface area contributed by atoms with Crippen LogP contribution in [0, 0.1) is 0 Å². The Balaban J connectivity index is 1.47. The van der Waals surface area contributed by atoms with Gasteiger partial charge in [0.1, 0.15) is 0 Å². The number of nitrogens with two attached hydrogens (primary N) is 1. The van der Waals surface area contributed by atoms with Crippen molar-refractivity contribution in [2.75, 3.05) is 6.54 Å². The lowest BCUT2D eigenvalue weighted by Gasteiger charge is -2.06. The topological polar surface area (TPSA) is 55.1 Å². The van der Waals surface area contributed by atoms with Gasteiger partial charge in [-0.05, 0) is 54.6 Å². The number of rotatable bonds is 8. The molecule has 24 heavy (non-hydrogen) atoms. The fourth-order valence-corrected chi connectivity index (χ4v) is 3.19. The second-order valence-electron chi connectivity index (χ2n) is 6.46. The molecule has 2 aromatic carbocycles. The van der Waals surface area contributed by atoms with Crippen molar-refractivity contribution >= 4 is 17.5 Å². The predicted octanol–water partition coefficient (Wildman–Crippen LogP) is 4.11. The molecule has 0 radical (unpaired) electrons. The molecule has 3 rings (SSSR count). The first-order valence-corrected chi connectivity index (χ1v) is 8.89. The first-order chi connectivity index (χ1) is 11.6. The van der Waals surface area contributed by atoms with Gasteiger partial charge in [0, 0.05) is 23.4 Å². The van der Waals surface area contributed by atoms with Gasteiger partial charge in [-0.3, -0.25) is 4.79 Å². The molecule has 2 unspecified atom stereocenters. The van der Waals surface area contributed by atoms with Crippen LogP contribution in [0.15, 0.2) is 48.5 Å². The monoisotopic (exact) mass is 342 g/mol. The van der Waals surface area contributed by atoms with Crippen molar-refractivity contribution in [3.05, 3.63) is 59.1 Å². The zero-order chi connectivity index (χ0) is 16.9. The van der Waals surface area contributed by atoms with Crippen molar-refractivity contribution < 1.29 is 4.79 Å². The molecule has 0 saturated heterocycles. The van der Waals surface area contributed by atoms with E-state index in [1.165, 1.54) is 23.1 Å². The molecule has 1 aliphatic carbocycles. The third-order valence-corrected chi connectivity index (χ3v) is 4.82. The minimum absolute atomic E-state index is 0.208. The Labute approximate surface area is 148 Å². The van der Waals surface area contributed by atoms with Crippen molar-refractivity contribution in [1.82, 2.24) is 5.32 Å². The van der Waals surface area contributed by atoms with Gasteiger partial charge < -0.3 is 11.1 Å². The van der Waals surface area contributed by atoms with Crippen LogP contribution >= 0.6 is 11.6 Å². The van der Waals surface area contributed by atoms with Gasteiger partial charge >= 0.3 is 0 Å². The zero-order valence-electron chi connectivity index (χ0n) is 13.7. The molecule has 1 amide bonds. The van der Waals surface area contributed by atoms with Crippen LogP contribution in [0.1, 0.15) is 37.2 Å². The summed E-state index contributed by atoms with van der Waals surface area (Å²) in [6.45, 7) is 0.956. The molecule has 3 nitrogen and oxygen atoms in total. The molecule has 0 aliphatic heterocycles. The highest BCUT2D eigenvalue weighted by atomic mass is 35.5. The number of carbonyl (C=O) groups is 1. The quantitative estimate of drug-likeness (QED) is 0.709. The number of benzene rings is 2. The zero-order valence-corrected chi connectivity index (χ0v) is 14.4.